The average Bonchev–Trinajstić information content (AvgIpc) is 3.54. The van der Waals surface area contributed by atoms with Crippen LogP contribution in [0.5, 0.6) is 0 Å². The lowest BCUT2D eigenvalue weighted by atomic mass is 9.83. The number of aromatic nitrogens is 3. The van der Waals surface area contributed by atoms with E-state index in [4.69, 9.17) is 0 Å². The van der Waals surface area contributed by atoms with Crippen LogP contribution >= 0.6 is 11.3 Å². The highest BCUT2D eigenvalue weighted by Gasteiger charge is 2.27. The SMILES string of the molecule is Cc1ccc(CCC2CCC(n3c(=O)c4cc(F)cnc4n(-c4cccc(-c5ccc(CN6CCN(C(C)C)CC6)cc5)c4)c3=O)CC2)s1. The predicted molar refractivity (Wildman–Crippen MR) is 197 cm³/mol. The topological polar surface area (TPSA) is 63.4 Å². The Hall–Kier alpha value is -3.92. The van der Waals surface area contributed by atoms with Crippen LogP contribution in [0.4, 0.5) is 4.39 Å². The van der Waals surface area contributed by atoms with Gasteiger partial charge in [-0.2, -0.15) is 0 Å². The van der Waals surface area contributed by atoms with Crippen LogP contribution in [0.3, 0.4) is 0 Å². The number of piperazine rings is 1. The minimum Gasteiger partial charge on any atom is -0.298 e. The molecule has 3 aromatic heterocycles. The Morgan fingerprint density at radius 2 is 1.65 bits per heavy atom. The minimum absolute atomic E-state index is 0.124. The smallest absolute Gasteiger partial charge is 0.298 e. The lowest BCUT2D eigenvalue weighted by Crippen LogP contribution is -2.48. The Kier molecular flexibility index (Phi) is 9.94. The van der Waals surface area contributed by atoms with E-state index in [-0.39, 0.29) is 17.1 Å². The number of nitrogens with zero attached hydrogens (tertiary/aromatic N) is 5. The predicted octanol–water partition coefficient (Wildman–Crippen LogP) is 7.61. The van der Waals surface area contributed by atoms with Crippen molar-refractivity contribution < 1.29 is 4.39 Å². The summed E-state index contributed by atoms with van der Waals surface area (Å²) in [7, 11) is 0. The highest BCUT2D eigenvalue weighted by molar-refractivity contribution is 7.11. The molecule has 2 aromatic carbocycles. The number of rotatable bonds is 9. The molecular weight excluding hydrogens is 634 g/mol. The first-order chi connectivity index (χ1) is 23.7. The zero-order valence-corrected chi connectivity index (χ0v) is 29.6. The maximum atomic E-state index is 14.5. The van der Waals surface area contributed by atoms with Crippen molar-refractivity contribution in [3.63, 3.8) is 0 Å². The van der Waals surface area contributed by atoms with Crippen LogP contribution in [-0.2, 0) is 13.0 Å². The van der Waals surface area contributed by atoms with Crippen molar-refractivity contribution in [3.05, 3.63) is 115 Å². The van der Waals surface area contributed by atoms with Gasteiger partial charge in [-0.1, -0.05) is 36.4 Å². The van der Waals surface area contributed by atoms with Gasteiger partial charge in [0.15, 0.2) is 5.65 Å². The summed E-state index contributed by atoms with van der Waals surface area (Å²) >= 11 is 1.86. The number of hydrogen-bond acceptors (Lipinski definition) is 6. The first-order valence-electron chi connectivity index (χ1n) is 17.8. The molecule has 2 aliphatic rings. The molecule has 0 radical (unpaired) electrons. The Bertz CT molecular complexity index is 2030. The molecule has 1 saturated carbocycles. The molecule has 1 aliphatic carbocycles. The maximum Gasteiger partial charge on any atom is 0.337 e. The van der Waals surface area contributed by atoms with Crippen LogP contribution in [0.25, 0.3) is 27.8 Å². The van der Waals surface area contributed by atoms with E-state index < -0.39 is 17.1 Å². The van der Waals surface area contributed by atoms with E-state index >= 15 is 0 Å². The molecule has 0 spiro atoms. The van der Waals surface area contributed by atoms with Crippen molar-refractivity contribution in [1.82, 2.24) is 23.9 Å². The second-order valence-corrected chi connectivity index (χ2v) is 15.6. The lowest BCUT2D eigenvalue weighted by molar-refractivity contribution is 0.104. The number of fused-ring (bicyclic) bond motifs is 1. The molecule has 0 bridgehead atoms. The number of pyridine rings is 1. The first-order valence-corrected chi connectivity index (χ1v) is 18.6. The summed E-state index contributed by atoms with van der Waals surface area (Å²) in [4.78, 5) is 40.2. The molecule has 2 fully saturated rings. The summed E-state index contributed by atoms with van der Waals surface area (Å²) < 4.78 is 17.4. The number of halogens is 1. The van der Waals surface area contributed by atoms with Gasteiger partial charge in [-0.3, -0.25) is 19.2 Å². The van der Waals surface area contributed by atoms with Gasteiger partial charge in [-0.15, -0.1) is 11.3 Å². The van der Waals surface area contributed by atoms with E-state index in [1.807, 2.05) is 35.6 Å². The zero-order valence-electron chi connectivity index (χ0n) is 28.8. The normalized spacial score (nSPS) is 19.2. The minimum atomic E-state index is -0.593. The fourth-order valence-corrected chi connectivity index (χ4v) is 8.62. The molecule has 256 valence electrons. The molecule has 0 amide bonds. The summed E-state index contributed by atoms with van der Waals surface area (Å²) in [6.45, 7) is 11.9. The number of aryl methyl sites for hydroxylation is 2. The van der Waals surface area contributed by atoms with E-state index in [0.29, 0.717) is 17.6 Å². The molecule has 49 heavy (non-hydrogen) atoms. The van der Waals surface area contributed by atoms with Gasteiger partial charge in [0, 0.05) is 54.6 Å². The van der Waals surface area contributed by atoms with Crippen LogP contribution < -0.4 is 11.2 Å². The molecule has 4 heterocycles. The molecular formula is C40H46FN5O2S. The van der Waals surface area contributed by atoms with Gasteiger partial charge in [0.05, 0.1) is 17.3 Å². The van der Waals surface area contributed by atoms with Crippen molar-refractivity contribution >= 4 is 22.4 Å². The standard InChI is InChI=1S/C40H46FN5O2S/c1-27(2)44-21-19-43(20-22-44)26-30-8-13-31(14-9-30)32-5-4-6-35(23-32)45-38-37(24-33(41)25-42-38)39(47)46(40(45)48)34-15-10-29(11-16-34)12-18-36-17-7-28(3)49-36/h4-9,13-14,17,23-25,27,29,34H,10-12,15-16,18-22,26H2,1-3H3. The van der Waals surface area contributed by atoms with Gasteiger partial charge >= 0.3 is 5.69 Å². The molecule has 9 heteroatoms. The van der Waals surface area contributed by atoms with Crippen LogP contribution in [0.15, 0.2) is 82.5 Å². The van der Waals surface area contributed by atoms with Gasteiger partial charge in [-0.05, 0) is 112 Å². The van der Waals surface area contributed by atoms with E-state index in [1.54, 1.807) is 0 Å². The quantitative estimate of drug-likeness (QED) is 0.161. The molecule has 0 unspecified atom stereocenters. The average molecular weight is 680 g/mol. The van der Waals surface area contributed by atoms with Gasteiger partial charge in [0.25, 0.3) is 5.56 Å². The lowest BCUT2D eigenvalue weighted by Gasteiger charge is -2.36. The van der Waals surface area contributed by atoms with Crippen LogP contribution in [0, 0.1) is 18.7 Å². The second kappa shape index (κ2) is 14.5. The summed E-state index contributed by atoms with van der Waals surface area (Å²) in [5.41, 5.74) is 3.17. The molecule has 1 saturated heterocycles. The van der Waals surface area contributed by atoms with Gasteiger partial charge in [0.1, 0.15) is 5.82 Å². The maximum absolute atomic E-state index is 14.5. The summed E-state index contributed by atoms with van der Waals surface area (Å²) in [5, 5.41) is 0.124. The first kappa shape index (κ1) is 33.6. The Balaban J connectivity index is 1.13. The third-order valence-corrected chi connectivity index (χ3v) is 11.7. The van der Waals surface area contributed by atoms with Gasteiger partial charge in [0.2, 0.25) is 0 Å². The van der Waals surface area contributed by atoms with E-state index in [9.17, 15) is 14.0 Å². The highest BCUT2D eigenvalue weighted by Crippen LogP contribution is 2.34. The fourth-order valence-electron chi connectivity index (χ4n) is 7.72. The Morgan fingerprint density at radius 3 is 2.35 bits per heavy atom. The van der Waals surface area contributed by atoms with Crippen molar-refractivity contribution in [2.24, 2.45) is 5.92 Å². The fraction of sp³-hybridized carbons (Fsp3) is 0.425. The van der Waals surface area contributed by atoms with E-state index in [0.717, 1.165) is 88.6 Å². The van der Waals surface area contributed by atoms with Crippen LogP contribution in [0.2, 0.25) is 0 Å². The summed E-state index contributed by atoms with van der Waals surface area (Å²) in [6.07, 6.45) is 6.67. The number of benzene rings is 2. The third-order valence-electron chi connectivity index (χ3n) is 10.6. The third kappa shape index (κ3) is 7.35. The highest BCUT2D eigenvalue weighted by atomic mass is 32.1. The van der Waals surface area contributed by atoms with Crippen LogP contribution in [0.1, 0.15) is 67.3 Å². The van der Waals surface area contributed by atoms with E-state index in [1.165, 1.54) is 30.5 Å². The summed E-state index contributed by atoms with van der Waals surface area (Å²) in [5.74, 6) is -0.0289. The Morgan fingerprint density at radius 1 is 0.898 bits per heavy atom. The molecule has 0 N–H and O–H groups in total. The second-order valence-electron chi connectivity index (χ2n) is 14.2. The van der Waals surface area contributed by atoms with Gasteiger partial charge < -0.3 is 0 Å². The molecule has 5 aromatic rings. The Labute approximate surface area is 291 Å². The molecule has 7 rings (SSSR count). The van der Waals surface area contributed by atoms with Crippen LogP contribution in [-0.4, -0.2) is 56.1 Å². The molecule has 7 nitrogen and oxygen atoms in total. The number of thiophene rings is 1. The molecule has 0 atom stereocenters. The van der Waals surface area contributed by atoms with Crippen molar-refractivity contribution in [2.45, 2.75) is 77.9 Å². The van der Waals surface area contributed by atoms with Crippen molar-refractivity contribution in [1.29, 1.82) is 0 Å². The largest absolute Gasteiger partial charge is 0.337 e. The van der Waals surface area contributed by atoms with Crippen molar-refractivity contribution in [3.8, 4) is 16.8 Å². The molecule has 1 aliphatic heterocycles. The summed E-state index contributed by atoms with van der Waals surface area (Å²) in [6, 6.07) is 22.4. The zero-order chi connectivity index (χ0) is 34.1. The van der Waals surface area contributed by atoms with E-state index in [2.05, 4.69) is 72.0 Å². The van der Waals surface area contributed by atoms with Gasteiger partial charge in [-0.25, -0.2) is 18.7 Å². The van der Waals surface area contributed by atoms with Crippen molar-refractivity contribution in [2.75, 3.05) is 26.2 Å². The monoisotopic (exact) mass is 679 g/mol. The number of hydrogen-bond donors (Lipinski definition) is 0.